The fourth-order valence-corrected chi connectivity index (χ4v) is 2.64. The van der Waals surface area contributed by atoms with Gasteiger partial charge >= 0.3 is 0 Å². The number of nitrogens with one attached hydrogen (secondary N) is 1. The Morgan fingerprint density at radius 1 is 1.29 bits per heavy atom. The highest BCUT2D eigenvalue weighted by atomic mass is 16.3. The molecule has 0 aromatic heterocycles. The van der Waals surface area contributed by atoms with Gasteiger partial charge < -0.3 is 26.4 Å². The minimum absolute atomic E-state index is 0.208. The second kappa shape index (κ2) is 6.32. The van der Waals surface area contributed by atoms with Crippen LogP contribution < -0.4 is 11.1 Å². The van der Waals surface area contributed by atoms with Gasteiger partial charge in [0.15, 0.2) is 11.5 Å². The molecule has 2 rings (SSSR count). The molecule has 1 fully saturated rings. The van der Waals surface area contributed by atoms with Crippen molar-refractivity contribution in [1.82, 2.24) is 5.32 Å². The van der Waals surface area contributed by atoms with E-state index in [1.54, 1.807) is 6.07 Å². The van der Waals surface area contributed by atoms with Gasteiger partial charge in [-0.15, -0.1) is 0 Å². The van der Waals surface area contributed by atoms with Crippen molar-refractivity contribution in [3.8, 4) is 11.5 Å². The molecular formula is C15H22N2O4. The zero-order valence-corrected chi connectivity index (χ0v) is 11.9. The van der Waals surface area contributed by atoms with E-state index in [4.69, 9.17) is 5.73 Å². The second-order valence-electron chi connectivity index (χ2n) is 5.78. The summed E-state index contributed by atoms with van der Waals surface area (Å²) >= 11 is 0. The SMILES string of the molecule is N[C@@H](Cc1ccc(O)c(O)c1)C(=O)NCC1(O)CCCC1. The van der Waals surface area contributed by atoms with Gasteiger partial charge in [-0.25, -0.2) is 0 Å². The Morgan fingerprint density at radius 3 is 2.57 bits per heavy atom. The van der Waals surface area contributed by atoms with E-state index in [1.807, 2.05) is 0 Å². The van der Waals surface area contributed by atoms with Crippen LogP contribution in [0.2, 0.25) is 0 Å². The summed E-state index contributed by atoms with van der Waals surface area (Å²) in [4.78, 5) is 11.9. The van der Waals surface area contributed by atoms with Crippen LogP contribution in [0.4, 0.5) is 0 Å². The molecule has 0 unspecified atom stereocenters. The molecule has 1 aromatic rings. The molecule has 0 radical (unpaired) electrons. The second-order valence-corrected chi connectivity index (χ2v) is 5.78. The van der Waals surface area contributed by atoms with E-state index in [1.165, 1.54) is 12.1 Å². The van der Waals surface area contributed by atoms with E-state index in [2.05, 4.69) is 5.32 Å². The fraction of sp³-hybridized carbons (Fsp3) is 0.533. The molecule has 0 spiro atoms. The zero-order chi connectivity index (χ0) is 15.5. The van der Waals surface area contributed by atoms with Crippen molar-refractivity contribution in [3.63, 3.8) is 0 Å². The summed E-state index contributed by atoms with van der Waals surface area (Å²) in [5.41, 5.74) is 5.69. The van der Waals surface area contributed by atoms with Crippen LogP contribution in [-0.2, 0) is 11.2 Å². The average molecular weight is 294 g/mol. The molecule has 116 valence electrons. The molecular weight excluding hydrogens is 272 g/mol. The number of aromatic hydroxyl groups is 2. The molecule has 1 aliphatic rings. The van der Waals surface area contributed by atoms with Gasteiger partial charge in [-0.05, 0) is 37.0 Å². The molecule has 1 amide bonds. The van der Waals surface area contributed by atoms with Crippen LogP contribution in [0, 0.1) is 0 Å². The average Bonchev–Trinajstić information content (AvgIpc) is 2.87. The van der Waals surface area contributed by atoms with Crippen LogP contribution >= 0.6 is 0 Å². The first-order valence-corrected chi connectivity index (χ1v) is 7.16. The number of nitrogens with two attached hydrogens (primary N) is 1. The van der Waals surface area contributed by atoms with E-state index >= 15 is 0 Å². The van der Waals surface area contributed by atoms with E-state index in [0.717, 1.165) is 12.8 Å². The summed E-state index contributed by atoms with van der Waals surface area (Å²) in [6, 6.07) is 3.58. The van der Waals surface area contributed by atoms with Gasteiger partial charge in [0.2, 0.25) is 5.91 Å². The first kappa shape index (κ1) is 15.6. The minimum atomic E-state index is -0.799. The predicted octanol–water partition coefficient (Wildman–Crippen LogP) is 0.389. The van der Waals surface area contributed by atoms with Crippen molar-refractivity contribution in [3.05, 3.63) is 23.8 Å². The smallest absolute Gasteiger partial charge is 0.237 e. The number of benzene rings is 1. The first-order valence-electron chi connectivity index (χ1n) is 7.16. The van der Waals surface area contributed by atoms with Gasteiger partial charge in [0.25, 0.3) is 0 Å². The molecule has 1 aromatic carbocycles. The van der Waals surface area contributed by atoms with Gasteiger partial charge in [0.05, 0.1) is 11.6 Å². The maximum Gasteiger partial charge on any atom is 0.237 e. The van der Waals surface area contributed by atoms with E-state index in [0.29, 0.717) is 18.4 Å². The lowest BCUT2D eigenvalue weighted by Gasteiger charge is -2.23. The van der Waals surface area contributed by atoms with Gasteiger partial charge in [0, 0.05) is 6.54 Å². The number of phenolic OH excluding ortho intramolecular Hbond substituents is 2. The van der Waals surface area contributed by atoms with E-state index < -0.39 is 11.6 Å². The Balaban J connectivity index is 1.85. The first-order chi connectivity index (χ1) is 9.89. The number of aliphatic hydroxyl groups is 1. The van der Waals surface area contributed by atoms with E-state index in [9.17, 15) is 20.1 Å². The summed E-state index contributed by atoms with van der Waals surface area (Å²) in [5.74, 6) is -0.775. The van der Waals surface area contributed by atoms with Crippen molar-refractivity contribution in [2.24, 2.45) is 5.73 Å². The maximum atomic E-state index is 11.9. The maximum absolute atomic E-state index is 11.9. The highest BCUT2D eigenvalue weighted by molar-refractivity contribution is 5.81. The lowest BCUT2D eigenvalue weighted by molar-refractivity contribution is -0.123. The van der Waals surface area contributed by atoms with Crippen molar-refractivity contribution < 1.29 is 20.1 Å². The molecule has 1 atom stereocenters. The Morgan fingerprint density at radius 2 is 1.95 bits per heavy atom. The number of phenols is 2. The van der Waals surface area contributed by atoms with E-state index in [-0.39, 0.29) is 30.4 Å². The van der Waals surface area contributed by atoms with Crippen molar-refractivity contribution in [1.29, 1.82) is 0 Å². The number of rotatable bonds is 5. The fourth-order valence-electron chi connectivity index (χ4n) is 2.64. The summed E-state index contributed by atoms with van der Waals surface area (Å²) in [6.07, 6.45) is 3.61. The van der Waals surface area contributed by atoms with Gasteiger partial charge in [-0.2, -0.15) is 0 Å². The highest BCUT2D eigenvalue weighted by Crippen LogP contribution is 2.28. The summed E-state index contributed by atoms with van der Waals surface area (Å²) in [7, 11) is 0. The Labute approximate surface area is 123 Å². The molecule has 6 nitrogen and oxygen atoms in total. The molecule has 0 heterocycles. The number of carbonyl (C=O) groups excluding carboxylic acids is 1. The normalized spacial score (nSPS) is 18.4. The van der Waals surface area contributed by atoms with Crippen LogP contribution in [0.5, 0.6) is 11.5 Å². The van der Waals surface area contributed by atoms with Crippen LogP contribution in [0.3, 0.4) is 0 Å². The zero-order valence-electron chi connectivity index (χ0n) is 11.9. The Hall–Kier alpha value is -1.79. The molecule has 1 saturated carbocycles. The molecule has 1 aliphatic carbocycles. The Kier molecular flexibility index (Phi) is 4.69. The highest BCUT2D eigenvalue weighted by Gasteiger charge is 2.31. The number of hydrogen-bond acceptors (Lipinski definition) is 5. The number of hydrogen-bond donors (Lipinski definition) is 5. The Bertz CT molecular complexity index is 512. The molecule has 6 heteroatoms. The third-order valence-electron chi connectivity index (χ3n) is 3.96. The van der Waals surface area contributed by atoms with Crippen molar-refractivity contribution >= 4 is 5.91 Å². The molecule has 0 bridgehead atoms. The quantitative estimate of drug-likeness (QED) is 0.504. The summed E-state index contributed by atoms with van der Waals surface area (Å²) < 4.78 is 0. The van der Waals surface area contributed by atoms with Gasteiger partial charge in [-0.3, -0.25) is 4.79 Å². The monoisotopic (exact) mass is 294 g/mol. The van der Waals surface area contributed by atoms with Gasteiger partial charge in [-0.1, -0.05) is 18.9 Å². The topological polar surface area (TPSA) is 116 Å². The van der Waals surface area contributed by atoms with Crippen molar-refractivity contribution in [2.45, 2.75) is 43.7 Å². The van der Waals surface area contributed by atoms with Crippen molar-refractivity contribution in [2.75, 3.05) is 6.54 Å². The third kappa shape index (κ3) is 4.09. The standard InChI is InChI=1S/C15H22N2O4/c16-11(7-10-3-4-12(18)13(19)8-10)14(20)17-9-15(21)5-1-2-6-15/h3-4,8,11,18-19,21H,1-2,5-7,9,16H2,(H,17,20)/t11-/m0/s1. The molecule has 6 N–H and O–H groups in total. The summed E-state index contributed by atoms with van der Waals surface area (Å²) in [6.45, 7) is 0.223. The summed E-state index contributed by atoms with van der Waals surface area (Å²) in [5, 5.41) is 31.5. The van der Waals surface area contributed by atoms with Gasteiger partial charge in [0.1, 0.15) is 0 Å². The van der Waals surface area contributed by atoms with Crippen LogP contribution in [-0.4, -0.2) is 39.4 Å². The largest absolute Gasteiger partial charge is 0.504 e. The van der Waals surface area contributed by atoms with Crippen LogP contribution in [0.15, 0.2) is 18.2 Å². The molecule has 0 aliphatic heterocycles. The molecule has 21 heavy (non-hydrogen) atoms. The number of carbonyl (C=O) groups is 1. The van der Waals surface area contributed by atoms with Crippen LogP contribution in [0.1, 0.15) is 31.2 Å². The lowest BCUT2D eigenvalue weighted by atomic mass is 10.0. The number of amides is 1. The molecule has 0 saturated heterocycles. The van der Waals surface area contributed by atoms with Crippen LogP contribution in [0.25, 0.3) is 0 Å². The third-order valence-corrected chi connectivity index (χ3v) is 3.96. The predicted molar refractivity (Wildman–Crippen MR) is 77.9 cm³/mol. The lowest BCUT2D eigenvalue weighted by Crippen LogP contribution is -2.48. The minimum Gasteiger partial charge on any atom is -0.504 e.